The Morgan fingerprint density at radius 2 is 2.15 bits per heavy atom. The summed E-state index contributed by atoms with van der Waals surface area (Å²) in [6.45, 7) is 4.70. The van der Waals surface area contributed by atoms with Crippen LogP contribution in [-0.4, -0.2) is 31.8 Å². The molecular formula is C18H23N5O2S2. The third kappa shape index (κ3) is 3.50. The first-order valence-electron chi connectivity index (χ1n) is 9.34. The van der Waals surface area contributed by atoms with Crippen molar-refractivity contribution in [2.24, 2.45) is 5.73 Å². The maximum Gasteiger partial charge on any atom is 0.251 e. The number of anilines is 1. The van der Waals surface area contributed by atoms with Crippen molar-refractivity contribution in [3.8, 4) is 0 Å². The molecule has 1 saturated carbocycles. The number of aromatic nitrogens is 3. The molecule has 27 heavy (non-hydrogen) atoms. The van der Waals surface area contributed by atoms with E-state index in [2.05, 4.69) is 27.0 Å². The van der Waals surface area contributed by atoms with Gasteiger partial charge in [-0.05, 0) is 51.5 Å². The molecule has 2 aliphatic rings. The second-order valence-corrected chi connectivity index (χ2v) is 9.45. The molecule has 2 aliphatic carbocycles. The van der Waals surface area contributed by atoms with Gasteiger partial charge in [-0.1, -0.05) is 11.8 Å². The van der Waals surface area contributed by atoms with E-state index in [0.29, 0.717) is 16.5 Å². The van der Waals surface area contributed by atoms with E-state index in [4.69, 9.17) is 5.73 Å². The van der Waals surface area contributed by atoms with E-state index in [0.717, 1.165) is 55.2 Å². The van der Waals surface area contributed by atoms with Gasteiger partial charge >= 0.3 is 0 Å². The van der Waals surface area contributed by atoms with E-state index < -0.39 is 5.91 Å². The van der Waals surface area contributed by atoms with Gasteiger partial charge in [0, 0.05) is 17.3 Å². The Labute approximate surface area is 166 Å². The Hall–Kier alpha value is -1.87. The largest absolute Gasteiger partial charge is 0.365 e. The minimum absolute atomic E-state index is 0.152. The second kappa shape index (κ2) is 7.27. The number of nitrogens with two attached hydrogens (primary N) is 1. The van der Waals surface area contributed by atoms with Gasteiger partial charge in [0.2, 0.25) is 5.91 Å². The van der Waals surface area contributed by atoms with Crippen LogP contribution in [0.15, 0.2) is 5.16 Å². The van der Waals surface area contributed by atoms with Crippen molar-refractivity contribution < 1.29 is 9.59 Å². The van der Waals surface area contributed by atoms with E-state index in [1.54, 1.807) is 0 Å². The number of hydrogen-bond donors (Lipinski definition) is 2. The van der Waals surface area contributed by atoms with Gasteiger partial charge in [-0.3, -0.25) is 9.59 Å². The lowest BCUT2D eigenvalue weighted by molar-refractivity contribution is -0.115. The number of primary amides is 1. The van der Waals surface area contributed by atoms with Crippen molar-refractivity contribution in [3.05, 3.63) is 21.8 Å². The minimum atomic E-state index is -0.468. The maximum atomic E-state index is 12.7. The summed E-state index contributed by atoms with van der Waals surface area (Å²) in [5.41, 5.74) is 7.08. The highest BCUT2D eigenvalue weighted by Crippen LogP contribution is 2.41. The molecular weight excluding hydrogens is 382 g/mol. The summed E-state index contributed by atoms with van der Waals surface area (Å²) in [4.78, 5) is 25.8. The molecule has 0 aliphatic heterocycles. The molecule has 144 valence electrons. The van der Waals surface area contributed by atoms with Crippen LogP contribution in [0.25, 0.3) is 0 Å². The van der Waals surface area contributed by atoms with Crippen molar-refractivity contribution in [3.63, 3.8) is 0 Å². The van der Waals surface area contributed by atoms with Crippen molar-refractivity contribution in [1.29, 1.82) is 0 Å². The normalized spacial score (nSPS) is 17.0. The lowest BCUT2D eigenvalue weighted by Crippen LogP contribution is -2.24. The number of rotatable bonds is 7. The first-order chi connectivity index (χ1) is 13.0. The fourth-order valence-corrected chi connectivity index (χ4v) is 5.72. The first-order valence-corrected chi connectivity index (χ1v) is 11.0. The predicted molar refractivity (Wildman–Crippen MR) is 106 cm³/mol. The van der Waals surface area contributed by atoms with Gasteiger partial charge in [0.1, 0.15) is 10.8 Å². The molecule has 2 aromatic heterocycles. The number of amides is 2. The van der Waals surface area contributed by atoms with Gasteiger partial charge in [-0.25, -0.2) is 0 Å². The SMILES string of the molecule is CCn1c(S[C@H](C)C(=O)Nc2sc3c(c2C(N)=O)CCC3)nnc1C1CC1. The highest BCUT2D eigenvalue weighted by molar-refractivity contribution is 8.00. The van der Waals surface area contributed by atoms with Crippen LogP contribution >= 0.6 is 23.1 Å². The van der Waals surface area contributed by atoms with Crippen molar-refractivity contribution in [1.82, 2.24) is 14.8 Å². The van der Waals surface area contributed by atoms with Gasteiger partial charge in [0.15, 0.2) is 5.16 Å². The summed E-state index contributed by atoms with van der Waals surface area (Å²) in [6.07, 6.45) is 5.17. The molecule has 2 heterocycles. The van der Waals surface area contributed by atoms with Gasteiger partial charge in [-0.2, -0.15) is 0 Å². The Bertz CT molecular complexity index is 900. The lowest BCUT2D eigenvalue weighted by atomic mass is 10.1. The van der Waals surface area contributed by atoms with E-state index in [1.165, 1.54) is 28.0 Å². The third-order valence-corrected chi connectivity index (χ3v) is 7.35. The molecule has 4 rings (SSSR count). The number of hydrogen-bond acceptors (Lipinski definition) is 6. The van der Waals surface area contributed by atoms with Gasteiger partial charge in [-0.15, -0.1) is 21.5 Å². The monoisotopic (exact) mass is 405 g/mol. The lowest BCUT2D eigenvalue weighted by Gasteiger charge is -2.13. The summed E-state index contributed by atoms with van der Waals surface area (Å²) in [5.74, 6) is 0.923. The average Bonchev–Trinajstić information content (AvgIpc) is 3.08. The van der Waals surface area contributed by atoms with Gasteiger partial charge in [0.05, 0.1) is 10.8 Å². The zero-order chi connectivity index (χ0) is 19.1. The summed E-state index contributed by atoms with van der Waals surface area (Å²) in [5, 5.41) is 12.5. The number of thiophene rings is 1. The van der Waals surface area contributed by atoms with E-state index in [1.807, 2.05) is 6.92 Å². The molecule has 0 bridgehead atoms. The summed E-state index contributed by atoms with van der Waals surface area (Å²) >= 11 is 2.88. The molecule has 2 amide bonds. The molecule has 0 unspecified atom stereocenters. The zero-order valence-corrected chi connectivity index (χ0v) is 17.1. The molecule has 1 fully saturated rings. The van der Waals surface area contributed by atoms with Crippen LogP contribution in [0.3, 0.4) is 0 Å². The number of aryl methyl sites for hydroxylation is 1. The second-order valence-electron chi connectivity index (χ2n) is 7.03. The van der Waals surface area contributed by atoms with E-state index >= 15 is 0 Å². The maximum absolute atomic E-state index is 12.7. The summed E-state index contributed by atoms with van der Waals surface area (Å²) in [6, 6.07) is 0. The smallest absolute Gasteiger partial charge is 0.251 e. The Morgan fingerprint density at radius 1 is 1.37 bits per heavy atom. The molecule has 0 spiro atoms. The standard InChI is InChI=1S/C18H23N5O2S2/c1-3-23-15(10-7-8-10)21-22-18(23)26-9(2)16(25)20-17-13(14(19)24)11-5-4-6-12(11)27-17/h9-10H,3-8H2,1-2H3,(H2,19,24)(H,20,25)/t9-/m1/s1. The number of nitrogens with zero attached hydrogens (tertiary/aromatic N) is 3. The van der Waals surface area contributed by atoms with Crippen LogP contribution in [0.5, 0.6) is 0 Å². The number of carbonyl (C=O) groups excluding carboxylic acids is 2. The van der Waals surface area contributed by atoms with Crippen LogP contribution in [0.2, 0.25) is 0 Å². The Morgan fingerprint density at radius 3 is 2.81 bits per heavy atom. The molecule has 1 atom stereocenters. The Balaban J connectivity index is 1.48. The van der Waals surface area contributed by atoms with Crippen molar-refractivity contribution >= 4 is 39.9 Å². The highest BCUT2D eigenvalue weighted by atomic mass is 32.2. The minimum Gasteiger partial charge on any atom is -0.365 e. The molecule has 7 nitrogen and oxygen atoms in total. The van der Waals surface area contributed by atoms with Crippen LogP contribution in [0, 0.1) is 0 Å². The number of fused-ring (bicyclic) bond motifs is 1. The molecule has 0 saturated heterocycles. The topological polar surface area (TPSA) is 103 Å². The van der Waals surface area contributed by atoms with Gasteiger partial charge in [0.25, 0.3) is 5.91 Å². The first kappa shape index (κ1) is 18.5. The molecule has 0 aromatic carbocycles. The average molecular weight is 406 g/mol. The number of carbonyl (C=O) groups is 2. The summed E-state index contributed by atoms with van der Waals surface area (Å²) in [7, 11) is 0. The van der Waals surface area contributed by atoms with Crippen LogP contribution in [0.1, 0.15) is 65.7 Å². The third-order valence-electron chi connectivity index (χ3n) is 5.06. The van der Waals surface area contributed by atoms with Crippen molar-refractivity contribution in [2.75, 3.05) is 5.32 Å². The van der Waals surface area contributed by atoms with Crippen LogP contribution in [-0.2, 0) is 24.2 Å². The molecule has 3 N–H and O–H groups in total. The fraction of sp³-hybridized carbons (Fsp3) is 0.556. The molecule has 0 radical (unpaired) electrons. The quantitative estimate of drug-likeness (QED) is 0.690. The number of thioether (sulfide) groups is 1. The van der Waals surface area contributed by atoms with Crippen LogP contribution in [0.4, 0.5) is 5.00 Å². The van der Waals surface area contributed by atoms with Crippen LogP contribution < -0.4 is 11.1 Å². The fourth-order valence-electron chi connectivity index (χ4n) is 3.51. The molecule has 2 aromatic rings. The van der Waals surface area contributed by atoms with Gasteiger partial charge < -0.3 is 15.6 Å². The van der Waals surface area contributed by atoms with E-state index in [9.17, 15) is 9.59 Å². The van der Waals surface area contributed by atoms with E-state index in [-0.39, 0.29) is 11.2 Å². The number of nitrogens with one attached hydrogen (secondary N) is 1. The zero-order valence-electron chi connectivity index (χ0n) is 15.4. The molecule has 9 heteroatoms. The summed E-state index contributed by atoms with van der Waals surface area (Å²) < 4.78 is 2.10. The van der Waals surface area contributed by atoms with Crippen molar-refractivity contribution in [2.45, 2.75) is 68.8 Å². The predicted octanol–water partition coefficient (Wildman–Crippen LogP) is 2.94. The highest BCUT2D eigenvalue weighted by Gasteiger charge is 2.31. The Kier molecular flexibility index (Phi) is 4.98.